The molecule has 0 unspecified atom stereocenters. The van der Waals surface area contributed by atoms with E-state index in [1.54, 1.807) is 36.4 Å². The number of halogens is 1. The summed E-state index contributed by atoms with van der Waals surface area (Å²) >= 11 is 0.981. The Hall–Kier alpha value is -2.67. The lowest BCUT2D eigenvalue weighted by Crippen LogP contribution is -2.28. The SMILES string of the molecule is O=C(NCc1ccc(F)cc1)c1cccc(CN2C(=O)CSC2=O)c1. The van der Waals surface area contributed by atoms with Crippen LogP contribution in [0.25, 0.3) is 0 Å². The average Bonchev–Trinajstić information content (AvgIpc) is 2.93. The molecule has 2 aromatic rings. The molecule has 7 heteroatoms. The summed E-state index contributed by atoms with van der Waals surface area (Å²) in [4.78, 5) is 36.8. The number of rotatable bonds is 5. The maximum atomic E-state index is 12.9. The fraction of sp³-hybridized carbons (Fsp3) is 0.167. The van der Waals surface area contributed by atoms with E-state index >= 15 is 0 Å². The Labute approximate surface area is 148 Å². The van der Waals surface area contributed by atoms with Gasteiger partial charge in [0.15, 0.2) is 0 Å². The Morgan fingerprint density at radius 3 is 2.56 bits per heavy atom. The van der Waals surface area contributed by atoms with Crippen LogP contribution in [-0.2, 0) is 17.9 Å². The van der Waals surface area contributed by atoms with Crippen LogP contribution in [0.5, 0.6) is 0 Å². The molecule has 2 aromatic carbocycles. The van der Waals surface area contributed by atoms with Crippen molar-refractivity contribution in [2.24, 2.45) is 0 Å². The van der Waals surface area contributed by atoms with Gasteiger partial charge in [0.25, 0.3) is 11.1 Å². The van der Waals surface area contributed by atoms with Gasteiger partial charge in [-0.15, -0.1) is 0 Å². The number of carbonyl (C=O) groups excluding carboxylic acids is 3. The van der Waals surface area contributed by atoms with Crippen LogP contribution in [0.15, 0.2) is 48.5 Å². The summed E-state index contributed by atoms with van der Waals surface area (Å²) in [6.45, 7) is 0.437. The highest BCUT2D eigenvalue weighted by Crippen LogP contribution is 2.21. The summed E-state index contributed by atoms with van der Waals surface area (Å²) in [5.41, 5.74) is 1.93. The van der Waals surface area contributed by atoms with Crippen LogP contribution in [-0.4, -0.2) is 27.7 Å². The summed E-state index contributed by atoms with van der Waals surface area (Å²) in [7, 11) is 0. The second-order valence-electron chi connectivity index (χ2n) is 5.54. The predicted octanol–water partition coefficient (Wildman–Crippen LogP) is 2.95. The smallest absolute Gasteiger partial charge is 0.289 e. The number of carbonyl (C=O) groups is 3. The van der Waals surface area contributed by atoms with Gasteiger partial charge in [-0.3, -0.25) is 19.3 Å². The minimum Gasteiger partial charge on any atom is -0.348 e. The molecule has 25 heavy (non-hydrogen) atoms. The first-order chi connectivity index (χ1) is 12.0. The van der Waals surface area contributed by atoms with Crippen molar-refractivity contribution in [3.05, 3.63) is 71.0 Å². The van der Waals surface area contributed by atoms with Gasteiger partial charge in [-0.05, 0) is 35.4 Å². The zero-order valence-electron chi connectivity index (χ0n) is 13.2. The van der Waals surface area contributed by atoms with Gasteiger partial charge in [0.2, 0.25) is 5.91 Å². The molecule has 1 saturated heterocycles. The van der Waals surface area contributed by atoms with Crippen LogP contribution in [0.2, 0.25) is 0 Å². The molecule has 1 fully saturated rings. The number of amides is 3. The molecule has 3 rings (SSSR count). The summed E-state index contributed by atoms with van der Waals surface area (Å²) < 4.78 is 12.9. The van der Waals surface area contributed by atoms with Gasteiger partial charge in [0.1, 0.15) is 5.82 Å². The van der Waals surface area contributed by atoms with Crippen LogP contribution in [0.1, 0.15) is 21.5 Å². The average molecular weight is 358 g/mol. The summed E-state index contributed by atoms with van der Waals surface area (Å²) in [6, 6.07) is 12.7. The number of thioether (sulfide) groups is 1. The van der Waals surface area contributed by atoms with E-state index in [1.165, 1.54) is 17.0 Å². The van der Waals surface area contributed by atoms with Crippen LogP contribution in [0, 0.1) is 5.82 Å². The van der Waals surface area contributed by atoms with Crippen molar-refractivity contribution in [2.75, 3.05) is 5.75 Å². The lowest BCUT2D eigenvalue weighted by atomic mass is 10.1. The van der Waals surface area contributed by atoms with Crippen molar-refractivity contribution in [3.63, 3.8) is 0 Å². The van der Waals surface area contributed by atoms with Gasteiger partial charge in [0, 0.05) is 12.1 Å². The first-order valence-electron chi connectivity index (χ1n) is 7.61. The third-order valence-corrected chi connectivity index (χ3v) is 4.60. The van der Waals surface area contributed by atoms with E-state index in [0.717, 1.165) is 17.3 Å². The van der Waals surface area contributed by atoms with Gasteiger partial charge in [0.05, 0.1) is 12.3 Å². The van der Waals surface area contributed by atoms with Crippen molar-refractivity contribution < 1.29 is 18.8 Å². The fourth-order valence-corrected chi connectivity index (χ4v) is 3.14. The van der Waals surface area contributed by atoms with Gasteiger partial charge in [-0.2, -0.15) is 0 Å². The van der Waals surface area contributed by atoms with Gasteiger partial charge >= 0.3 is 0 Å². The molecule has 5 nitrogen and oxygen atoms in total. The number of nitrogens with zero attached hydrogens (tertiary/aromatic N) is 1. The highest BCUT2D eigenvalue weighted by molar-refractivity contribution is 8.14. The molecule has 1 aliphatic heterocycles. The second-order valence-corrected chi connectivity index (χ2v) is 6.47. The van der Waals surface area contributed by atoms with E-state index in [1.807, 2.05) is 0 Å². The number of nitrogens with one attached hydrogen (secondary N) is 1. The minimum absolute atomic E-state index is 0.156. The zero-order valence-corrected chi connectivity index (χ0v) is 14.0. The van der Waals surface area contributed by atoms with Crippen molar-refractivity contribution in [3.8, 4) is 0 Å². The first kappa shape index (κ1) is 17.2. The number of imide groups is 1. The molecular formula is C18H15FN2O3S. The van der Waals surface area contributed by atoms with E-state index in [4.69, 9.17) is 0 Å². The Kier molecular flexibility index (Phi) is 5.14. The maximum absolute atomic E-state index is 12.9. The van der Waals surface area contributed by atoms with E-state index in [9.17, 15) is 18.8 Å². The second kappa shape index (κ2) is 7.48. The molecule has 0 aliphatic carbocycles. The lowest BCUT2D eigenvalue weighted by Gasteiger charge is -2.13. The molecule has 0 aromatic heterocycles. The molecule has 0 saturated carbocycles. The molecule has 128 valence electrons. The molecule has 0 bridgehead atoms. The van der Waals surface area contributed by atoms with Crippen LogP contribution in [0.3, 0.4) is 0 Å². The third kappa shape index (κ3) is 4.24. The molecular weight excluding hydrogens is 343 g/mol. The van der Waals surface area contributed by atoms with Crippen molar-refractivity contribution >= 4 is 28.8 Å². The zero-order chi connectivity index (χ0) is 17.8. The minimum atomic E-state index is -0.327. The van der Waals surface area contributed by atoms with E-state index in [-0.39, 0.29) is 41.7 Å². The van der Waals surface area contributed by atoms with Crippen LogP contribution >= 0.6 is 11.8 Å². The van der Waals surface area contributed by atoms with Crippen LogP contribution < -0.4 is 5.32 Å². The summed E-state index contributed by atoms with van der Waals surface area (Å²) in [6.07, 6.45) is 0. The molecule has 1 N–H and O–H groups in total. The standard InChI is InChI=1S/C18H15FN2O3S/c19-15-6-4-12(5-7-15)9-20-17(23)14-3-1-2-13(8-14)10-21-16(22)11-25-18(21)24/h1-8H,9-11H2,(H,20,23). The summed E-state index contributed by atoms with van der Waals surface area (Å²) in [5.74, 6) is -0.663. The fourth-order valence-electron chi connectivity index (χ4n) is 2.41. The van der Waals surface area contributed by atoms with E-state index in [2.05, 4.69) is 5.32 Å². The summed E-state index contributed by atoms with van der Waals surface area (Å²) in [5, 5.41) is 2.49. The topological polar surface area (TPSA) is 66.5 Å². The largest absolute Gasteiger partial charge is 0.348 e. The van der Waals surface area contributed by atoms with Crippen molar-refractivity contribution in [1.29, 1.82) is 0 Å². The first-order valence-corrected chi connectivity index (χ1v) is 8.60. The van der Waals surface area contributed by atoms with Gasteiger partial charge in [-0.1, -0.05) is 36.0 Å². The highest BCUT2D eigenvalue weighted by Gasteiger charge is 2.29. The van der Waals surface area contributed by atoms with Crippen molar-refractivity contribution in [2.45, 2.75) is 13.1 Å². The molecule has 3 amide bonds. The van der Waals surface area contributed by atoms with Gasteiger partial charge < -0.3 is 5.32 Å². The molecule has 1 aliphatic rings. The Bertz CT molecular complexity index is 807. The lowest BCUT2D eigenvalue weighted by molar-refractivity contribution is -0.125. The monoisotopic (exact) mass is 358 g/mol. The van der Waals surface area contributed by atoms with E-state index in [0.29, 0.717) is 11.1 Å². The Morgan fingerprint density at radius 1 is 1.12 bits per heavy atom. The number of hydrogen-bond donors (Lipinski definition) is 1. The Morgan fingerprint density at radius 2 is 1.88 bits per heavy atom. The third-order valence-electron chi connectivity index (χ3n) is 3.74. The van der Waals surface area contributed by atoms with Crippen molar-refractivity contribution in [1.82, 2.24) is 10.2 Å². The molecule has 0 radical (unpaired) electrons. The number of hydrogen-bond acceptors (Lipinski definition) is 4. The predicted molar refractivity (Wildman–Crippen MR) is 92.4 cm³/mol. The quantitative estimate of drug-likeness (QED) is 0.892. The van der Waals surface area contributed by atoms with Crippen LogP contribution in [0.4, 0.5) is 9.18 Å². The molecule has 1 heterocycles. The molecule has 0 spiro atoms. The molecule has 0 atom stereocenters. The Balaban J connectivity index is 1.64. The maximum Gasteiger partial charge on any atom is 0.289 e. The highest BCUT2D eigenvalue weighted by atomic mass is 32.2. The van der Waals surface area contributed by atoms with E-state index < -0.39 is 0 Å². The number of benzene rings is 2. The normalized spacial score (nSPS) is 14.0. The van der Waals surface area contributed by atoms with Gasteiger partial charge in [-0.25, -0.2) is 4.39 Å².